The van der Waals surface area contributed by atoms with E-state index >= 15 is 0 Å². The number of nitriles is 1. The Labute approximate surface area is 83.2 Å². The SMILES string of the molecule is CC(C)(CO)NCc1ccc(C#N)o1. The van der Waals surface area contributed by atoms with Gasteiger partial charge in [0.2, 0.25) is 5.76 Å². The molecule has 0 aliphatic heterocycles. The van der Waals surface area contributed by atoms with Gasteiger partial charge < -0.3 is 14.8 Å². The number of nitrogens with one attached hydrogen (secondary N) is 1. The van der Waals surface area contributed by atoms with E-state index in [0.29, 0.717) is 18.1 Å². The molecule has 0 fully saturated rings. The molecule has 0 spiro atoms. The highest BCUT2D eigenvalue weighted by Crippen LogP contribution is 2.08. The number of aliphatic hydroxyl groups excluding tert-OH is 1. The van der Waals surface area contributed by atoms with Crippen molar-refractivity contribution in [1.82, 2.24) is 5.32 Å². The molecule has 1 heterocycles. The average Bonchev–Trinajstić information content (AvgIpc) is 2.63. The zero-order valence-electron chi connectivity index (χ0n) is 8.37. The lowest BCUT2D eigenvalue weighted by atomic mass is 10.1. The minimum atomic E-state index is -0.334. The summed E-state index contributed by atoms with van der Waals surface area (Å²) >= 11 is 0. The highest BCUT2D eigenvalue weighted by atomic mass is 16.3. The van der Waals surface area contributed by atoms with Gasteiger partial charge in [0.15, 0.2) is 0 Å². The number of rotatable bonds is 4. The summed E-state index contributed by atoms with van der Waals surface area (Å²) in [7, 11) is 0. The van der Waals surface area contributed by atoms with Crippen LogP contribution in [0.2, 0.25) is 0 Å². The predicted octanol–water partition coefficient (Wildman–Crippen LogP) is 1.01. The van der Waals surface area contributed by atoms with Crippen LogP contribution in [0.25, 0.3) is 0 Å². The lowest BCUT2D eigenvalue weighted by Gasteiger charge is -2.22. The minimum absolute atomic E-state index is 0.0544. The molecule has 1 aromatic rings. The fourth-order valence-electron chi connectivity index (χ4n) is 0.915. The summed E-state index contributed by atoms with van der Waals surface area (Å²) in [5.41, 5.74) is -0.334. The molecule has 4 nitrogen and oxygen atoms in total. The number of furan rings is 1. The van der Waals surface area contributed by atoms with Crippen LogP contribution < -0.4 is 5.32 Å². The smallest absolute Gasteiger partial charge is 0.203 e. The summed E-state index contributed by atoms with van der Waals surface area (Å²) in [6.07, 6.45) is 0. The topological polar surface area (TPSA) is 69.2 Å². The molecule has 0 aromatic carbocycles. The highest BCUT2D eigenvalue weighted by molar-refractivity contribution is 5.19. The number of hydrogen-bond acceptors (Lipinski definition) is 4. The van der Waals surface area contributed by atoms with Gasteiger partial charge in [-0.15, -0.1) is 0 Å². The van der Waals surface area contributed by atoms with E-state index in [1.807, 2.05) is 19.9 Å². The summed E-state index contributed by atoms with van der Waals surface area (Å²) in [6.45, 7) is 4.34. The Morgan fingerprint density at radius 3 is 2.79 bits per heavy atom. The van der Waals surface area contributed by atoms with Crippen molar-refractivity contribution >= 4 is 0 Å². The molecule has 0 unspecified atom stereocenters. The van der Waals surface area contributed by atoms with Crippen molar-refractivity contribution in [2.45, 2.75) is 25.9 Å². The summed E-state index contributed by atoms with van der Waals surface area (Å²) in [5, 5.41) is 20.6. The van der Waals surface area contributed by atoms with Crippen molar-refractivity contribution in [3.8, 4) is 6.07 Å². The Hall–Kier alpha value is -1.31. The van der Waals surface area contributed by atoms with Crippen LogP contribution >= 0.6 is 0 Å². The molecule has 0 saturated heterocycles. The van der Waals surface area contributed by atoms with Crippen LogP contribution in [0, 0.1) is 11.3 Å². The number of nitrogens with zero attached hydrogens (tertiary/aromatic N) is 1. The van der Waals surface area contributed by atoms with Gasteiger partial charge >= 0.3 is 0 Å². The number of aliphatic hydroxyl groups is 1. The Balaban J connectivity index is 2.50. The van der Waals surface area contributed by atoms with Gasteiger partial charge in [0.1, 0.15) is 11.8 Å². The molecule has 1 aromatic heterocycles. The Morgan fingerprint density at radius 2 is 2.29 bits per heavy atom. The Bertz CT molecular complexity index is 336. The van der Waals surface area contributed by atoms with E-state index in [2.05, 4.69) is 5.32 Å². The van der Waals surface area contributed by atoms with Crippen LogP contribution in [0.5, 0.6) is 0 Å². The quantitative estimate of drug-likeness (QED) is 0.750. The molecule has 0 radical (unpaired) electrons. The van der Waals surface area contributed by atoms with Crippen LogP contribution in [0.1, 0.15) is 25.4 Å². The Kier molecular flexibility index (Phi) is 3.28. The molecular formula is C10H14N2O2. The molecule has 76 valence electrons. The predicted molar refractivity (Wildman–Crippen MR) is 51.4 cm³/mol. The first-order valence-electron chi connectivity index (χ1n) is 4.42. The molecule has 1 rings (SSSR count). The molecule has 0 bridgehead atoms. The van der Waals surface area contributed by atoms with Gasteiger partial charge in [-0.25, -0.2) is 0 Å². The van der Waals surface area contributed by atoms with Gasteiger partial charge in [0, 0.05) is 5.54 Å². The normalized spacial score (nSPS) is 11.3. The molecule has 0 amide bonds. The molecule has 4 heteroatoms. The summed E-state index contributed by atoms with van der Waals surface area (Å²) in [5.74, 6) is 1.01. The minimum Gasteiger partial charge on any atom is -0.449 e. The molecule has 2 N–H and O–H groups in total. The van der Waals surface area contributed by atoms with Gasteiger partial charge in [-0.3, -0.25) is 0 Å². The van der Waals surface area contributed by atoms with Crippen LogP contribution in [0.15, 0.2) is 16.5 Å². The van der Waals surface area contributed by atoms with Gasteiger partial charge in [-0.1, -0.05) is 0 Å². The molecule has 0 atom stereocenters. The lowest BCUT2D eigenvalue weighted by Crippen LogP contribution is -2.41. The van der Waals surface area contributed by atoms with Gasteiger partial charge in [0.25, 0.3) is 0 Å². The maximum atomic E-state index is 8.98. The second kappa shape index (κ2) is 4.27. The van der Waals surface area contributed by atoms with Crippen molar-refractivity contribution in [2.24, 2.45) is 0 Å². The van der Waals surface area contributed by atoms with Crippen LogP contribution in [-0.2, 0) is 6.54 Å². The van der Waals surface area contributed by atoms with Gasteiger partial charge in [0.05, 0.1) is 13.2 Å². The van der Waals surface area contributed by atoms with E-state index in [9.17, 15) is 0 Å². The fourth-order valence-corrected chi connectivity index (χ4v) is 0.915. The molecule has 14 heavy (non-hydrogen) atoms. The Morgan fingerprint density at radius 1 is 1.57 bits per heavy atom. The molecule has 0 saturated carbocycles. The van der Waals surface area contributed by atoms with Crippen LogP contribution in [-0.4, -0.2) is 17.3 Å². The zero-order chi connectivity index (χ0) is 10.6. The van der Waals surface area contributed by atoms with E-state index in [1.54, 1.807) is 12.1 Å². The zero-order valence-corrected chi connectivity index (χ0v) is 8.37. The molecular weight excluding hydrogens is 180 g/mol. The largest absolute Gasteiger partial charge is 0.449 e. The first-order chi connectivity index (χ1) is 6.57. The molecule has 0 aliphatic rings. The van der Waals surface area contributed by atoms with Crippen molar-refractivity contribution in [1.29, 1.82) is 5.26 Å². The van der Waals surface area contributed by atoms with Gasteiger partial charge in [-0.05, 0) is 26.0 Å². The highest BCUT2D eigenvalue weighted by Gasteiger charge is 2.15. The fraction of sp³-hybridized carbons (Fsp3) is 0.500. The summed E-state index contributed by atoms with van der Waals surface area (Å²) < 4.78 is 5.17. The second-order valence-corrected chi connectivity index (χ2v) is 3.77. The van der Waals surface area contributed by atoms with Crippen LogP contribution in [0.4, 0.5) is 0 Å². The lowest BCUT2D eigenvalue weighted by molar-refractivity contribution is 0.184. The monoisotopic (exact) mass is 194 g/mol. The maximum Gasteiger partial charge on any atom is 0.203 e. The van der Waals surface area contributed by atoms with Crippen LogP contribution in [0.3, 0.4) is 0 Å². The van der Waals surface area contributed by atoms with E-state index in [4.69, 9.17) is 14.8 Å². The third kappa shape index (κ3) is 2.87. The van der Waals surface area contributed by atoms with Gasteiger partial charge in [-0.2, -0.15) is 5.26 Å². The van der Waals surface area contributed by atoms with E-state index < -0.39 is 0 Å². The van der Waals surface area contributed by atoms with E-state index in [-0.39, 0.29) is 12.1 Å². The van der Waals surface area contributed by atoms with Crippen molar-refractivity contribution < 1.29 is 9.52 Å². The number of hydrogen-bond donors (Lipinski definition) is 2. The third-order valence-electron chi connectivity index (χ3n) is 1.91. The second-order valence-electron chi connectivity index (χ2n) is 3.77. The first-order valence-corrected chi connectivity index (χ1v) is 4.42. The van der Waals surface area contributed by atoms with Crippen molar-refractivity contribution in [3.63, 3.8) is 0 Å². The molecule has 0 aliphatic carbocycles. The standard InChI is InChI=1S/C10H14N2O2/c1-10(2,7-13)12-6-9-4-3-8(5-11)14-9/h3-4,12-13H,6-7H2,1-2H3. The van der Waals surface area contributed by atoms with Crippen molar-refractivity contribution in [2.75, 3.05) is 6.61 Å². The third-order valence-corrected chi connectivity index (χ3v) is 1.91. The average molecular weight is 194 g/mol. The maximum absolute atomic E-state index is 8.98. The summed E-state index contributed by atoms with van der Waals surface area (Å²) in [6, 6.07) is 5.29. The first kappa shape index (κ1) is 10.8. The van der Waals surface area contributed by atoms with Crippen molar-refractivity contribution in [3.05, 3.63) is 23.7 Å². The summed E-state index contributed by atoms with van der Waals surface area (Å²) in [4.78, 5) is 0. The van der Waals surface area contributed by atoms with E-state index in [0.717, 1.165) is 0 Å². The van der Waals surface area contributed by atoms with E-state index in [1.165, 1.54) is 0 Å².